The Kier molecular flexibility index (Phi) is 8.38. The number of hydrogen-bond acceptors (Lipinski definition) is 8. The lowest BCUT2D eigenvalue weighted by Gasteiger charge is -2.14. The second-order valence-corrected chi connectivity index (χ2v) is 8.70. The summed E-state index contributed by atoms with van der Waals surface area (Å²) in [5.41, 5.74) is 1.72. The molecule has 12 heteroatoms. The number of nitro groups is 1. The van der Waals surface area contributed by atoms with Crippen molar-refractivity contribution in [2.45, 2.75) is 25.2 Å². The lowest BCUT2D eigenvalue weighted by molar-refractivity contribution is -0.385. The Morgan fingerprint density at radius 2 is 1.72 bits per heavy atom. The SMILES string of the molecule is COc1cc(C(=O)NNS(=O)(=O)c2cc([N+](=O)[O-])ccc2OC)ccc1OCCC(C)C. The minimum Gasteiger partial charge on any atom is -0.495 e. The monoisotopic (exact) mass is 467 g/mol. The summed E-state index contributed by atoms with van der Waals surface area (Å²) < 4.78 is 41.1. The summed E-state index contributed by atoms with van der Waals surface area (Å²) in [6.07, 6.45) is 0.842. The zero-order valence-electron chi connectivity index (χ0n) is 18.1. The molecule has 11 nitrogen and oxygen atoms in total. The molecule has 0 radical (unpaired) electrons. The molecule has 2 rings (SSSR count). The second-order valence-electron chi connectivity index (χ2n) is 7.05. The molecule has 0 aromatic heterocycles. The van der Waals surface area contributed by atoms with Crippen molar-refractivity contribution in [3.8, 4) is 17.2 Å². The molecule has 2 aromatic rings. The fraction of sp³-hybridized carbons (Fsp3) is 0.350. The van der Waals surface area contributed by atoms with Crippen LogP contribution in [0, 0.1) is 16.0 Å². The van der Waals surface area contributed by atoms with E-state index >= 15 is 0 Å². The van der Waals surface area contributed by atoms with Crippen LogP contribution in [-0.4, -0.2) is 40.1 Å². The number of ether oxygens (including phenoxy) is 3. The number of non-ortho nitro benzene ring substituents is 1. The largest absolute Gasteiger partial charge is 0.495 e. The molecule has 0 unspecified atom stereocenters. The zero-order chi connectivity index (χ0) is 23.9. The molecule has 0 saturated heterocycles. The first-order chi connectivity index (χ1) is 15.1. The molecule has 0 aliphatic carbocycles. The number of nitrogens with zero attached hydrogens (tertiary/aromatic N) is 1. The van der Waals surface area contributed by atoms with Crippen molar-refractivity contribution in [2.24, 2.45) is 5.92 Å². The van der Waals surface area contributed by atoms with E-state index in [1.165, 1.54) is 26.4 Å². The standard InChI is InChI=1S/C20H25N3O8S/c1-13(2)9-10-31-16-7-5-14(11-18(16)30-4)20(24)21-22-32(27,28)19-12-15(23(25)26)6-8-17(19)29-3/h5-8,11-13,22H,9-10H2,1-4H3,(H,21,24). The Bertz CT molecular complexity index is 1090. The van der Waals surface area contributed by atoms with Crippen molar-refractivity contribution in [3.05, 3.63) is 52.1 Å². The maximum atomic E-state index is 12.6. The van der Waals surface area contributed by atoms with Crippen LogP contribution in [0.5, 0.6) is 17.2 Å². The van der Waals surface area contributed by atoms with Gasteiger partial charge in [-0.2, -0.15) is 0 Å². The Hall–Kier alpha value is -3.38. The van der Waals surface area contributed by atoms with Crippen molar-refractivity contribution in [1.29, 1.82) is 0 Å². The number of nitro benzene ring substituents is 1. The first-order valence-electron chi connectivity index (χ1n) is 9.54. The highest BCUT2D eigenvalue weighted by atomic mass is 32.2. The minimum atomic E-state index is -4.37. The van der Waals surface area contributed by atoms with Crippen molar-refractivity contribution < 1.29 is 32.3 Å². The van der Waals surface area contributed by atoms with Gasteiger partial charge in [-0.1, -0.05) is 13.8 Å². The van der Waals surface area contributed by atoms with E-state index in [-0.39, 0.29) is 11.3 Å². The number of benzene rings is 2. The van der Waals surface area contributed by atoms with E-state index in [4.69, 9.17) is 14.2 Å². The van der Waals surface area contributed by atoms with E-state index in [0.29, 0.717) is 24.0 Å². The van der Waals surface area contributed by atoms with Gasteiger partial charge < -0.3 is 14.2 Å². The van der Waals surface area contributed by atoms with E-state index in [9.17, 15) is 23.3 Å². The van der Waals surface area contributed by atoms with Gasteiger partial charge in [0.05, 0.1) is 25.7 Å². The molecule has 2 N–H and O–H groups in total. The van der Waals surface area contributed by atoms with Crippen LogP contribution in [0.4, 0.5) is 5.69 Å². The van der Waals surface area contributed by atoms with Gasteiger partial charge in [-0.05, 0) is 36.6 Å². The summed E-state index contributed by atoms with van der Waals surface area (Å²) in [5, 5.41) is 11.0. The van der Waals surface area contributed by atoms with Gasteiger partial charge in [0.15, 0.2) is 11.5 Å². The van der Waals surface area contributed by atoms with Gasteiger partial charge in [-0.15, -0.1) is 4.83 Å². The zero-order valence-corrected chi connectivity index (χ0v) is 18.9. The van der Waals surface area contributed by atoms with Crippen LogP contribution in [-0.2, 0) is 10.0 Å². The van der Waals surface area contributed by atoms with Crippen LogP contribution in [0.1, 0.15) is 30.6 Å². The maximum absolute atomic E-state index is 12.6. The molecule has 0 saturated carbocycles. The molecule has 0 heterocycles. The number of rotatable bonds is 11. The van der Waals surface area contributed by atoms with Crippen molar-refractivity contribution in [3.63, 3.8) is 0 Å². The third-order valence-electron chi connectivity index (χ3n) is 4.33. The summed E-state index contributed by atoms with van der Waals surface area (Å²) in [6.45, 7) is 4.61. The first kappa shape index (κ1) is 24.9. The lowest BCUT2D eigenvalue weighted by Crippen LogP contribution is -2.41. The molecule has 0 aliphatic heterocycles. The minimum absolute atomic E-state index is 0.103. The van der Waals surface area contributed by atoms with Crippen LogP contribution in [0.25, 0.3) is 0 Å². The van der Waals surface area contributed by atoms with Gasteiger partial charge in [-0.25, -0.2) is 8.42 Å². The molecule has 32 heavy (non-hydrogen) atoms. The van der Waals surface area contributed by atoms with Crippen molar-refractivity contribution in [1.82, 2.24) is 10.3 Å². The van der Waals surface area contributed by atoms with Crippen molar-refractivity contribution >= 4 is 21.6 Å². The summed E-state index contributed by atoms with van der Waals surface area (Å²) in [7, 11) is -1.74. The lowest BCUT2D eigenvalue weighted by atomic mass is 10.1. The second kappa shape index (κ2) is 10.8. The van der Waals surface area contributed by atoms with Gasteiger partial charge in [0.25, 0.3) is 21.6 Å². The normalized spacial score (nSPS) is 11.2. The van der Waals surface area contributed by atoms with Gasteiger partial charge in [0.2, 0.25) is 0 Å². The average molecular weight is 468 g/mol. The number of hydrazine groups is 1. The Morgan fingerprint density at radius 1 is 1.06 bits per heavy atom. The third kappa shape index (κ3) is 6.31. The van der Waals surface area contributed by atoms with Gasteiger partial charge in [-0.3, -0.25) is 20.3 Å². The molecular formula is C20H25N3O8S. The quantitative estimate of drug-likeness (QED) is 0.379. The van der Waals surface area contributed by atoms with E-state index < -0.39 is 31.4 Å². The number of carbonyl (C=O) groups excluding carboxylic acids is 1. The predicted octanol–water partition coefficient (Wildman–Crippen LogP) is 2.66. The van der Waals surface area contributed by atoms with E-state index in [2.05, 4.69) is 19.3 Å². The van der Waals surface area contributed by atoms with E-state index in [0.717, 1.165) is 24.6 Å². The number of methoxy groups -OCH3 is 2. The van der Waals surface area contributed by atoms with Gasteiger partial charge in [0, 0.05) is 17.7 Å². The summed E-state index contributed by atoms with van der Waals surface area (Å²) >= 11 is 0. The summed E-state index contributed by atoms with van der Waals surface area (Å²) in [6, 6.07) is 7.49. The summed E-state index contributed by atoms with van der Waals surface area (Å²) in [5.74, 6) is 0.326. The van der Waals surface area contributed by atoms with Crippen LogP contribution in [0.2, 0.25) is 0 Å². The molecular weight excluding hydrogens is 442 g/mol. The van der Waals surface area contributed by atoms with E-state index in [1.54, 1.807) is 6.07 Å². The highest BCUT2D eigenvalue weighted by molar-refractivity contribution is 7.89. The fourth-order valence-corrected chi connectivity index (χ4v) is 3.59. The Morgan fingerprint density at radius 3 is 2.31 bits per heavy atom. The molecule has 0 bridgehead atoms. The third-order valence-corrected chi connectivity index (χ3v) is 5.59. The number of amides is 1. The maximum Gasteiger partial charge on any atom is 0.271 e. The van der Waals surface area contributed by atoms with Crippen LogP contribution >= 0.6 is 0 Å². The summed E-state index contributed by atoms with van der Waals surface area (Å²) in [4.78, 5) is 24.1. The first-order valence-corrected chi connectivity index (χ1v) is 11.0. The highest BCUT2D eigenvalue weighted by Gasteiger charge is 2.24. The molecule has 1 amide bonds. The topological polar surface area (TPSA) is 146 Å². The Balaban J connectivity index is 2.16. The predicted molar refractivity (Wildman–Crippen MR) is 115 cm³/mol. The molecule has 0 spiro atoms. The van der Waals surface area contributed by atoms with E-state index in [1.807, 2.05) is 4.83 Å². The molecule has 2 aromatic carbocycles. The molecule has 0 aliphatic rings. The van der Waals surface area contributed by atoms with Crippen LogP contribution < -0.4 is 24.5 Å². The number of hydrogen-bond donors (Lipinski definition) is 2. The van der Waals surface area contributed by atoms with Gasteiger partial charge in [0.1, 0.15) is 10.6 Å². The average Bonchev–Trinajstić information content (AvgIpc) is 2.76. The fourth-order valence-electron chi connectivity index (χ4n) is 2.56. The van der Waals surface area contributed by atoms with Gasteiger partial charge >= 0.3 is 0 Å². The number of sulfonamides is 1. The van der Waals surface area contributed by atoms with Crippen molar-refractivity contribution in [2.75, 3.05) is 20.8 Å². The highest BCUT2D eigenvalue weighted by Crippen LogP contribution is 2.29. The van der Waals surface area contributed by atoms with Crippen LogP contribution in [0.3, 0.4) is 0 Å². The molecule has 0 fully saturated rings. The Labute approximate surface area is 185 Å². The number of carbonyl (C=O) groups is 1. The number of nitrogens with one attached hydrogen (secondary N) is 2. The smallest absolute Gasteiger partial charge is 0.271 e. The molecule has 174 valence electrons. The molecule has 0 atom stereocenters. The van der Waals surface area contributed by atoms with Crippen LogP contribution in [0.15, 0.2) is 41.3 Å².